The first-order valence-corrected chi connectivity index (χ1v) is 9.99. The zero-order valence-electron chi connectivity index (χ0n) is 15.9. The molecule has 1 atom stereocenters. The first-order valence-electron chi connectivity index (χ1n) is 9.61. The zero-order valence-corrected chi connectivity index (χ0v) is 16.6. The van der Waals surface area contributed by atoms with Crippen molar-refractivity contribution < 1.29 is 14.0 Å². The number of halogens is 2. The van der Waals surface area contributed by atoms with Crippen molar-refractivity contribution in [2.24, 2.45) is 0 Å². The normalized spacial score (nSPS) is 19.6. The number of hydrogen-bond acceptors (Lipinski definition) is 3. The van der Waals surface area contributed by atoms with Crippen LogP contribution in [0.5, 0.6) is 0 Å². The molecule has 0 aliphatic carbocycles. The van der Waals surface area contributed by atoms with Gasteiger partial charge in [-0.05, 0) is 36.4 Å². The highest BCUT2D eigenvalue weighted by Gasteiger charge is 2.33. The van der Waals surface area contributed by atoms with Crippen LogP contribution in [0.1, 0.15) is 6.42 Å². The number of urea groups is 1. The van der Waals surface area contributed by atoms with Gasteiger partial charge in [0.1, 0.15) is 5.82 Å². The summed E-state index contributed by atoms with van der Waals surface area (Å²) < 4.78 is 13.4. The van der Waals surface area contributed by atoms with Crippen LogP contribution in [0.3, 0.4) is 0 Å². The van der Waals surface area contributed by atoms with E-state index in [0.29, 0.717) is 43.4 Å². The fraction of sp³-hybridized carbons (Fsp3) is 0.333. The van der Waals surface area contributed by atoms with Gasteiger partial charge in [0.05, 0.1) is 6.04 Å². The van der Waals surface area contributed by atoms with Gasteiger partial charge in [-0.1, -0.05) is 23.7 Å². The molecule has 152 valence electrons. The minimum absolute atomic E-state index is 0.119. The Labute approximate surface area is 173 Å². The molecule has 0 bridgehead atoms. The molecule has 2 heterocycles. The number of rotatable bonds is 3. The Bertz CT molecular complexity index is 917. The number of nitrogens with zero attached hydrogens (tertiary/aromatic N) is 3. The van der Waals surface area contributed by atoms with Crippen LogP contribution in [0.2, 0.25) is 5.02 Å². The molecule has 1 N–H and O–H groups in total. The lowest BCUT2D eigenvalue weighted by Gasteiger charge is -2.36. The summed E-state index contributed by atoms with van der Waals surface area (Å²) in [6.45, 7) is 2.95. The van der Waals surface area contributed by atoms with E-state index in [9.17, 15) is 14.0 Å². The van der Waals surface area contributed by atoms with E-state index in [0.717, 1.165) is 5.69 Å². The molecule has 2 aliphatic rings. The molecule has 2 fully saturated rings. The second-order valence-corrected chi connectivity index (χ2v) is 7.73. The van der Waals surface area contributed by atoms with E-state index in [2.05, 4.69) is 10.2 Å². The third-order valence-corrected chi connectivity index (χ3v) is 5.55. The summed E-state index contributed by atoms with van der Waals surface area (Å²) in [5, 5.41) is 3.64. The minimum atomic E-state index is -0.389. The predicted molar refractivity (Wildman–Crippen MR) is 111 cm³/mol. The lowest BCUT2D eigenvalue weighted by molar-refractivity contribution is -0.117. The number of carbonyl (C=O) groups excluding carboxylic acids is 2. The monoisotopic (exact) mass is 416 g/mol. The van der Waals surface area contributed by atoms with Crippen molar-refractivity contribution in [3.8, 4) is 0 Å². The number of carbonyl (C=O) groups is 2. The summed E-state index contributed by atoms with van der Waals surface area (Å²) in [6, 6.07) is 13.2. The van der Waals surface area contributed by atoms with E-state index in [4.69, 9.17) is 11.6 Å². The molecule has 3 amide bonds. The number of anilines is 2. The molecule has 0 spiro atoms. The fourth-order valence-corrected chi connectivity index (χ4v) is 3.99. The van der Waals surface area contributed by atoms with Gasteiger partial charge in [0, 0.05) is 55.5 Å². The molecule has 29 heavy (non-hydrogen) atoms. The van der Waals surface area contributed by atoms with Crippen molar-refractivity contribution in [3.63, 3.8) is 0 Å². The van der Waals surface area contributed by atoms with Crippen molar-refractivity contribution in [1.29, 1.82) is 0 Å². The number of benzene rings is 2. The van der Waals surface area contributed by atoms with Gasteiger partial charge in [-0.15, -0.1) is 0 Å². The topological polar surface area (TPSA) is 55.9 Å². The number of hydrogen-bond donors (Lipinski definition) is 1. The zero-order chi connectivity index (χ0) is 20.4. The molecule has 4 rings (SSSR count). The van der Waals surface area contributed by atoms with Crippen LogP contribution in [0.15, 0.2) is 48.5 Å². The summed E-state index contributed by atoms with van der Waals surface area (Å²) in [6.07, 6.45) is 0.213. The summed E-state index contributed by atoms with van der Waals surface area (Å²) in [7, 11) is 0. The Kier molecular flexibility index (Phi) is 5.58. The molecular weight excluding hydrogens is 395 g/mol. The van der Waals surface area contributed by atoms with Crippen LogP contribution < -0.4 is 15.1 Å². The lowest BCUT2D eigenvalue weighted by atomic mass is 10.2. The maximum absolute atomic E-state index is 13.4. The maximum Gasteiger partial charge on any atom is 0.317 e. The summed E-state index contributed by atoms with van der Waals surface area (Å²) >= 11 is 6.06. The molecule has 2 aromatic rings. The number of amides is 3. The third-order valence-electron chi connectivity index (χ3n) is 5.31. The van der Waals surface area contributed by atoms with E-state index in [1.807, 2.05) is 24.3 Å². The lowest BCUT2D eigenvalue weighted by Crippen LogP contribution is -2.53. The highest BCUT2D eigenvalue weighted by Crippen LogP contribution is 2.23. The molecule has 2 saturated heterocycles. The third kappa shape index (κ3) is 4.45. The first-order chi connectivity index (χ1) is 14.0. The van der Waals surface area contributed by atoms with E-state index in [1.165, 1.54) is 17.0 Å². The fourth-order valence-electron chi connectivity index (χ4n) is 3.80. The van der Waals surface area contributed by atoms with Gasteiger partial charge in [-0.25, -0.2) is 9.18 Å². The van der Waals surface area contributed by atoms with Gasteiger partial charge in [0.25, 0.3) is 0 Å². The second-order valence-electron chi connectivity index (χ2n) is 7.29. The van der Waals surface area contributed by atoms with Crippen LogP contribution >= 0.6 is 11.6 Å². The van der Waals surface area contributed by atoms with Crippen molar-refractivity contribution in [3.05, 3.63) is 59.4 Å². The standard InChI is InChI=1S/C21H22ClFN4O2/c22-15-3-1-5-18(11-15)25-7-9-26(10-8-25)21(29)24-17-13-20(28)27(14-17)19-6-2-4-16(23)12-19/h1-6,11-12,17H,7-10,13-14H2,(H,24,29). The van der Waals surface area contributed by atoms with E-state index < -0.39 is 0 Å². The van der Waals surface area contributed by atoms with Gasteiger partial charge < -0.3 is 20.0 Å². The van der Waals surface area contributed by atoms with Crippen LogP contribution in [-0.4, -0.2) is 55.6 Å². The molecule has 2 aromatic carbocycles. The van der Waals surface area contributed by atoms with Crippen LogP contribution in [0, 0.1) is 5.82 Å². The van der Waals surface area contributed by atoms with E-state index >= 15 is 0 Å². The van der Waals surface area contributed by atoms with E-state index in [1.54, 1.807) is 17.0 Å². The highest BCUT2D eigenvalue weighted by molar-refractivity contribution is 6.30. The number of piperazine rings is 1. The van der Waals surface area contributed by atoms with Gasteiger partial charge in [0.15, 0.2) is 0 Å². The second kappa shape index (κ2) is 8.29. The summed E-state index contributed by atoms with van der Waals surface area (Å²) in [5.41, 5.74) is 1.56. The first kappa shape index (κ1) is 19.5. The Morgan fingerprint density at radius 2 is 1.76 bits per heavy atom. The van der Waals surface area contributed by atoms with E-state index in [-0.39, 0.29) is 30.2 Å². The van der Waals surface area contributed by atoms with Gasteiger partial charge >= 0.3 is 6.03 Å². The highest BCUT2D eigenvalue weighted by atomic mass is 35.5. The Morgan fingerprint density at radius 3 is 2.48 bits per heavy atom. The van der Waals surface area contributed by atoms with Gasteiger partial charge in [-0.3, -0.25) is 4.79 Å². The van der Waals surface area contributed by atoms with Crippen molar-refractivity contribution >= 4 is 34.9 Å². The number of nitrogens with one attached hydrogen (secondary N) is 1. The Balaban J connectivity index is 1.31. The predicted octanol–water partition coefficient (Wildman–Crippen LogP) is 3.12. The Morgan fingerprint density at radius 1 is 1.03 bits per heavy atom. The van der Waals surface area contributed by atoms with Crippen molar-refractivity contribution in [2.75, 3.05) is 42.5 Å². The van der Waals surface area contributed by atoms with Gasteiger partial charge in [0.2, 0.25) is 5.91 Å². The quantitative estimate of drug-likeness (QED) is 0.836. The van der Waals surface area contributed by atoms with Crippen LogP contribution in [-0.2, 0) is 4.79 Å². The average molecular weight is 417 g/mol. The molecule has 1 unspecified atom stereocenters. The summed E-state index contributed by atoms with van der Waals surface area (Å²) in [5.74, 6) is -0.507. The average Bonchev–Trinajstić information content (AvgIpc) is 3.08. The minimum Gasteiger partial charge on any atom is -0.368 e. The van der Waals surface area contributed by atoms with Crippen molar-refractivity contribution in [2.45, 2.75) is 12.5 Å². The SMILES string of the molecule is O=C(NC1CC(=O)N(c2cccc(F)c2)C1)N1CCN(c2cccc(Cl)c2)CC1. The molecule has 6 nitrogen and oxygen atoms in total. The maximum atomic E-state index is 13.4. The molecular formula is C21H22ClFN4O2. The van der Waals surface area contributed by atoms with Gasteiger partial charge in [-0.2, -0.15) is 0 Å². The van der Waals surface area contributed by atoms with Crippen molar-refractivity contribution in [1.82, 2.24) is 10.2 Å². The molecule has 0 aromatic heterocycles. The molecule has 0 radical (unpaired) electrons. The molecule has 2 aliphatic heterocycles. The van der Waals surface area contributed by atoms with Crippen LogP contribution in [0.25, 0.3) is 0 Å². The largest absolute Gasteiger partial charge is 0.368 e. The molecule has 0 saturated carbocycles. The van der Waals surface area contributed by atoms with Crippen LogP contribution in [0.4, 0.5) is 20.6 Å². The molecule has 8 heteroatoms. The summed E-state index contributed by atoms with van der Waals surface area (Å²) in [4.78, 5) is 30.4. The smallest absolute Gasteiger partial charge is 0.317 e. The Hall–Kier alpha value is -2.80.